The SMILES string of the molecule is CNC1CCCCN(Cc2ccncn2)C1=O. The van der Waals surface area contributed by atoms with Crippen LogP contribution in [0.25, 0.3) is 0 Å². The van der Waals surface area contributed by atoms with E-state index in [9.17, 15) is 4.79 Å². The largest absolute Gasteiger partial charge is 0.335 e. The van der Waals surface area contributed by atoms with Crippen molar-refractivity contribution < 1.29 is 4.79 Å². The fourth-order valence-corrected chi connectivity index (χ4v) is 2.14. The predicted octanol–water partition coefficient (Wildman–Crippen LogP) is 0.577. The van der Waals surface area contributed by atoms with E-state index in [1.807, 2.05) is 18.0 Å². The number of rotatable bonds is 3. The van der Waals surface area contributed by atoms with E-state index in [0.29, 0.717) is 6.54 Å². The third-order valence-electron chi connectivity index (χ3n) is 3.13. The van der Waals surface area contributed by atoms with E-state index in [1.165, 1.54) is 6.33 Å². The number of aromatic nitrogens is 2. The Morgan fingerprint density at radius 2 is 2.41 bits per heavy atom. The van der Waals surface area contributed by atoms with E-state index in [4.69, 9.17) is 0 Å². The first-order valence-corrected chi connectivity index (χ1v) is 6.02. The maximum absolute atomic E-state index is 12.2. The zero-order valence-electron chi connectivity index (χ0n) is 10.1. The van der Waals surface area contributed by atoms with Gasteiger partial charge in [-0.2, -0.15) is 0 Å². The van der Waals surface area contributed by atoms with Gasteiger partial charge in [-0.1, -0.05) is 0 Å². The average Bonchev–Trinajstić information content (AvgIpc) is 2.54. The zero-order chi connectivity index (χ0) is 12.1. The van der Waals surface area contributed by atoms with Crippen LogP contribution in [0.15, 0.2) is 18.6 Å². The molecule has 1 atom stereocenters. The molecule has 5 heteroatoms. The number of hydrogen-bond donors (Lipinski definition) is 1. The molecule has 0 saturated carbocycles. The maximum atomic E-state index is 12.2. The summed E-state index contributed by atoms with van der Waals surface area (Å²) < 4.78 is 0. The maximum Gasteiger partial charge on any atom is 0.240 e. The lowest BCUT2D eigenvalue weighted by molar-refractivity contribution is -0.133. The van der Waals surface area contributed by atoms with Crippen molar-refractivity contribution in [2.24, 2.45) is 0 Å². The molecule has 5 nitrogen and oxygen atoms in total. The van der Waals surface area contributed by atoms with E-state index in [1.54, 1.807) is 6.20 Å². The summed E-state index contributed by atoms with van der Waals surface area (Å²) in [7, 11) is 1.84. The number of amides is 1. The first-order valence-electron chi connectivity index (χ1n) is 6.02. The predicted molar refractivity (Wildman–Crippen MR) is 64.1 cm³/mol. The van der Waals surface area contributed by atoms with Crippen molar-refractivity contribution in [2.45, 2.75) is 31.8 Å². The highest BCUT2D eigenvalue weighted by molar-refractivity contribution is 5.82. The minimum Gasteiger partial charge on any atom is -0.335 e. The molecule has 0 bridgehead atoms. The molecule has 0 aromatic carbocycles. The summed E-state index contributed by atoms with van der Waals surface area (Å²) in [5.74, 6) is 0.184. The normalized spacial score (nSPS) is 21.4. The Kier molecular flexibility index (Phi) is 4.03. The number of likely N-dealkylation sites (N-methyl/N-ethyl adjacent to an activating group) is 1. The molecule has 1 N–H and O–H groups in total. The Hall–Kier alpha value is -1.49. The van der Waals surface area contributed by atoms with Crippen molar-refractivity contribution in [3.8, 4) is 0 Å². The van der Waals surface area contributed by atoms with Gasteiger partial charge in [0.05, 0.1) is 18.3 Å². The van der Waals surface area contributed by atoms with Crippen molar-refractivity contribution in [1.29, 1.82) is 0 Å². The Morgan fingerprint density at radius 1 is 1.53 bits per heavy atom. The molecule has 1 aliphatic rings. The minimum absolute atomic E-state index is 0.0423. The molecule has 0 radical (unpaired) electrons. The van der Waals surface area contributed by atoms with Crippen LogP contribution in [0, 0.1) is 0 Å². The molecule has 2 heterocycles. The Bertz CT molecular complexity index is 368. The molecule has 0 aliphatic carbocycles. The minimum atomic E-state index is -0.0423. The molecular formula is C12H18N4O. The molecule has 1 aromatic rings. The molecule has 92 valence electrons. The summed E-state index contributed by atoms with van der Waals surface area (Å²) in [5, 5.41) is 3.09. The quantitative estimate of drug-likeness (QED) is 0.831. The van der Waals surface area contributed by atoms with Gasteiger partial charge < -0.3 is 10.2 Å². The van der Waals surface area contributed by atoms with E-state index in [-0.39, 0.29) is 11.9 Å². The van der Waals surface area contributed by atoms with E-state index < -0.39 is 0 Å². The summed E-state index contributed by atoms with van der Waals surface area (Å²) in [6, 6.07) is 1.81. The second-order valence-electron chi connectivity index (χ2n) is 4.30. The zero-order valence-corrected chi connectivity index (χ0v) is 10.1. The molecule has 17 heavy (non-hydrogen) atoms. The highest BCUT2D eigenvalue weighted by Gasteiger charge is 2.25. The van der Waals surface area contributed by atoms with Crippen LogP contribution < -0.4 is 5.32 Å². The first kappa shape index (κ1) is 12.0. The van der Waals surface area contributed by atoms with Crippen LogP contribution in [0.4, 0.5) is 0 Å². The van der Waals surface area contributed by atoms with Gasteiger partial charge in [-0.05, 0) is 32.4 Å². The highest BCUT2D eigenvalue weighted by Crippen LogP contribution is 2.13. The van der Waals surface area contributed by atoms with Gasteiger partial charge in [0.25, 0.3) is 0 Å². The first-order chi connectivity index (χ1) is 8.31. The second-order valence-corrected chi connectivity index (χ2v) is 4.30. The van der Waals surface area contributed by atoms with Gasteiger partial charge in [-0.15, -0.1) is 0 Å². The van der Waals surface area contributed by atoms with Crippen LogP contribution in [-0.4, -0.2) is 40.4 Å². The van der Waals surface area contributed by atoms with Gasteiger partial charge in [0.2, 0.25) is 5.91 Å². The van der Waals surface area contributed by atoms with Gasteiger partial charge in [0.15, 0.2) is 0 Å². The summed E-state index contributed by atoms with van der Waals surface area (Å²) in [6.07, 6.45) is 6.31. The van der Waals surface area contributed by atoms with Gasteiger partial charge in [-0.25, -0.2) is 9.97 Å². The molecule has 1 amide bonds. The van der Waals surface area contributed by atoms with Crippen LogP contribution >= 0.6 is 0 Å². The standard InChI is InChI=1S/C12H18N4O/c1-13-11-4-2-3-7-16(12(11)17)8-10-5-6-14-9-15-10/h5-6,9,11,13H,2-4,7-8H2,1H3. The molecule has 2 rings (SSSR count). The second kappa shape index (κ2) is 5.72. The Morgan fingerprint density at radius 3 is 3.12 bits per heavy atom. The highest BCUT2D eigenvalue weighted by atomic mass is 16.2. The van der Waals surface area contributed by atoms with Crippen LogP contribution in [0.5, 0.6) is 0 Å². The van der Waals surface area contributed by atoms with Crippen LogP contribution in [0.3, 0.4) is 0 Å². The van der Waals surface area contributed by atoms with Crippen molar-refractivity contribution >= 4 is 5.91 Å². The van der Waals surface area contributed by atoms with E-state index in [2.05, 4.69) is 15.3 Å². The summed E-state index contributed by atoms with van der Waals surface area (Å²) in [5.41, 5.74) is 0.894. The number of nitrogens with zero attached hydrogens (tertiary/aromatic N) is 3. The smallest absolute Gasteiger partial charge is 0.240 e. The average molecular weight is 234 g/mol. The van der Waals surface area contributed by atoms with Crippen molar-refractivity contribution in [3.05, 3.63) is 24.3 Å². The third kappa shape index (κ3) is 3.00. The molecule has 1 aliphatic heterocycles. The lowest BCUT2D eigenvalue weighted by Gasteiger charge is -2.23. The van der Waals surface area contributed by atoms with Gasteiger partial charge in [-0.3, -0.25) is 4.79 Å². The summed E-state index contributed by atoms with van der Waals surface area (Å²) in [6.45, 7) is 1.40. The Balaban J connectivity index is 2.06. The van der Waals surface area contributed by atoms with E-state index in [0.717, 1.165) is 31.5 Å². The monoisotopic (exact) mass is 234 g/mol. The molecule has 1 saturated heterocycles. The fourth-order valence-electron chi connectivity index (χ4n) is 2.14. The van der Waals surface area contributed by atoms with Gasteiger partial charge in [0.1, 0.15) is 6.33 Å². The van der Waals surface area contributed by atoms with Crippen molar-refractivity contribution in [2.75, 3.05) is 13.6 Å². The lowest BCUT2D eigenvalue weighted by atomic mass is 10.1. The van der Waals surface area contributed by atoms with E-state index >= 15 is 0 Å². The lowest BCUT2D eigenvalue weighted by Crippen LogP contribution is -2.43. The summed E-state index contributed by atoms with van der Waals surface area (Å²) >= 11 is 0. The van der Waals surface area contributed by atoms with Crippen molar-refractivity contribution in [3.63, 3.8) is 0 Å². The number of carbonyl (C=O) groups is 1. The van der Waals surface area contributed by atoms with Crippen LogP contribution in [-0.2, 0) is 11.3 Å². The number of likely N-dealkylation sites (tertiary alicyclic amines) is 1. The Labute approximate surface area is 101 Å². The third-order valence-corrected chi connectivity index (χ3v) is 3.13. The number of carbonyl (C=O) groups excluding carboxylic acids is 1. The van der Waals surface area contributed by atoms with Gasteiger partial charge in [0, 0.05) is 12.7 Å². The molecule has 1 unspecified atom stereocenters. The molecule has 1 fully saturated rings. The van der Waals surface area contributed by atoms with Crippen LogP contribution in [0.2, 0.25) is 0 Å². The van der Waals surface area contributed by atoms with Gasteiger partial charge >= 0.3 is 0 Å². The fraction of sp³-hybridized carbons (Fsp3) is 0.583. The molecule has 1 aromatic heterocycles. The molecule has 0 spiro atoms. The number of nitrogens with one attached hydrogen (secondary N) is 1. The summed E-state index contributed by atoms with van der Waals surface area (Å²) in [4.78, 5) is 22.1. The molecular weight excluding hydrogens is 216 g/mol. The van der Waals surface area contributed by atoms with Crippen LogP contribution in [0.1, 0.15) is 25.0 Å². The number of hydrogen-bond acceptors (Lipinski definition) is 4. The van der Waals surface area contributed by atoms with Crippen molar-refractivity contribution in [1.82, 2.24) is 20.2 Å². The topological polar surface area (TPSA) is 58.1 Å².